The Morgan fingerprint density at radius 2 is 1.96 bits per heavy atom. The highest BCUT2D eigenvalue weighted by Gasteiger charge is 2.28. The van der Waals surface area contributed by atoms with E-state index in [1.165, 1.54) is 0 Å². The SMILES string of the molecule is CCNC(=O)C(C)(C)CN=C(NCC)NC1CCN(c2ccccc2OC)C1. The minimum atomic E-state index is -0.544. The van der Waals surface area contributed by atoms with Gasteiger partial charge in [-0.3, -0.25) is 9.79 Å². The standard InChI is InChI=1S/C21H35N5O2/c1-6-22-19(27)21(3,4)15-24-20(23-7-2)25-16-12-13-26(14-16)17-10-8-9-11-18(17)28-5/h8-11,16H,6-7,12-15H2,1-5H3,(H,22,27)(H2,23,24,25). The monoisotopic (exact) mass is 389 g/mol. The predicted octanol–water partition coefficient (Wildman–Crippen LogP) is 1.99. The molecule has 7 nitrogen and oxygen atoms in total. The maximum Gasteiger partial charge on any atom is 0.227 e. The Hall–Kier alpha value is -2.44. The topological polar surface area (TPSA) is 78.0 Å². The van der Waals surface area contributed by atoms with Crippen molar-refractivity contribution < 1.29 is 9.53 Å². The van der Waals surface area contributed by atoms with Crippen LogP contribution in [0.15, 0.2) is 29.3 Å². The van der Waals surface area contributed by atoms with Crippen molar-refractivity contribution in [3.05, 3.63) is 24.3 Å². The van der Waals surface area contributed by atoms with E-state index in [-0.39, 0.29) is 11.9 Å². The zero-order valence-electron chi connectivity index (χ0n) is 17.8. The summed E-state index contributed by atoms with van der Waals surface area (Å²) in [6, 6.07) is 8.39. The van der Waals surface area contributed by atoms with E-state index in [9.17, 15) is 4.79 Å². The Morgan fingerprint density at radius 3 is 2.64 bits per heavy atom. The number of aliphatic imine (C=N–C) groups is 1. The Morgan fingerprint density at radius 1 is 1.25 bits per heavy atom. The van der Waals surface area contributed by atoms with Crippen LogP contribution in [0.25, 0.3) is 0 Å². The molecule has 0 saturated carbocycles. The molecule has 156 valence electrons. The summed E-state index contributed by atoms with van der Waals surface area (Å²) in [5.41, 5.74) is 0.575. The van der Waals surface area contributed by atoms with Gasteiger partial charge in [-0.15, -0.1) is 0 Å². The second-order valence-corrected chi connectivity index (χ2v) is 7.69. The number of carbonyl (C=O) groups is 1. The molecule has 1 aromatic rings. The van der Waals surface area contributed by atoms with Crippen molar-refractivity contribution in [2.24, 2.45) is 10.4 Å². The van der Waals surface area contributed by atoms with Gasteiger partial charge in [0.25, 0.3) is 0 Å². The van der Waals surface area contributed by atoms with Gasteiger partial charge >= 0.3 is 0 Å². The van der Waals surface area contributed by atoms with Gasteiger partial charge in [-0.25, -0.2) is 0 Å². The predicted molar refractivity (Wildman–Crippen MR) is 115 cm³/mol. The van der Waals surface area contributed by atoms with E-state index in [1.807, 2.05) is 45.9 Å². The molecule has 1 saturated heterocycles. The van der Waals surface area contributed by atoms with E-state index in [4.69, 9.17) is 4.74 Å². The molecule has 7 heteroatoms. The van der Waals surface area contributed by atoms with Gasteiger partial charge in [-0.2, -0.15) is 0 Å². The van der Waals surface area contributed by atoms with Crippen molar-refractivity contribution in [1.82, 2.24) is 16.0 Å². The first kappa shape index (κ1) is 21.9. The molecule has 0 aromatic heterocycles. The molecule has 1 fully saturated rings. The second-order valence-electron chi connectivity index (χ2n) is 7.69. The quantitative estimate of drug-likeness (QED) is 0.468. The van der Waals surface area contributed by atoms with Gasteiger partial charge in [-0.05, 0) is 46.2 Å². The molecule has 0 radical (unpaired) electrons. The third kappa shape index (κ3) is 5.78. The maximum atomic E-state index is 12.2. The first-order chi connectivity index (χ1) is 13.4. The number of carbonyl (C=O) groups excluding carboxylic acids is 1. The van der Waals surface area contributed by atoms with Crippen LogP contribution in [0, 0.1) is 5.41 Å². The van der Waals surface area contributed by atoms with Crippen LogP contribution < -0.4 is 25.6 Å². The van der Waals surface area contributed by atoms with Crippen molar-refractivity contribution in [2.45, 2.75) is 40.2 Å². The number of rotatable bonds is 8. The lowest BCUT2D eigenvalue weighted by Gasteiger charge is -2.24. The van der Waals surface area contributed by atoms with Gasteiger partial charge in [0.2, 0.25) is 5.91 Å². The van der Waals surface area contributed by atoms with E-state index in [0.717, 1.165) is 43.5 Å². The number of anilines is 1. The molecule has 1 heterocycles. The smallest absolute Gasteiger partial charge is 0.227 e. The van der Waals surface area contributed by atoms with Gasteiger partial charge in [0.1, 0.15) is 5.75 Å². The summed E-state index contributed by atoms with van der Waals surface area (Å²) < 4.78 is 5.49. The van der Waals surface area contributed by atoms with Crippen LogP contribution in [0.5, 0.6) is 5.75 Å². The van der Waals surface area contributed by atoms with E-state index in [1.54, 1.807) is 7.11 Å². The van der Waals surface area contributed by atoms with Crippen LogP contribution in [0.1, 0.15) is 34.1 Å². The summed E-state index contributed by atoms with van der Waals surface area (Å²) in [5, 5.41) is 9.70. The fourth-order valence-corrected chi connectivity index (χ4v) is 3.25. The number of methoxy groups -OCH3 is 1. The molecule has 28 heavy (non-hydrogen) atoms. The number of benzene rings is 1. The summed E-state index contributed by atoms with van der Waals surface area (Å²) in [4.78, 5) is 19.2. The van der Waals surface area contributed by atoms with Crippen LogP contribution in [-0.4, -0.2) is 57.7 Å². The Balaban J connectivity index is 2.00. The van der Waals surface area contributed by atoms with Crippen LogP contribution >= 0.6 is 0 Å². The average molecular weight is 390 g/mol. The number of amides is 1. The molecule has 1 unspecified atom stereocenters. The van der Waals surface area contributed by atoms with Crippen molar-refractivity contribution in [2.75, 3.05) is 44.7 Å². The van der Waals surface area contributed by atoms with Gasteiger partial charge in [0.15, 0.2) is 5.96 Å². The molecule has 1 aliphatic heterocycles. The van der Waals surface area contributed by atoms with Crippen LogP contribution in [0.4, 0.5) is 5.69 Å². The van der Waals surface area contributed by atoms with Gasteiger partial charge in [0, 0.05) is 32.2 Å². The van der Waals surface area contributed by atoms with Crippen molar-refractivity contribution in [3.8, 4) is 5.75 Å². The minimum absolute atomic E-state index is 0.0258. The number of guanidine groups is 1. The molecule has 1 amide bonds. The number of ether oxygens (including phenoxy) is 1. The average Bonchev–Trinajstić information content (AvgIpc) is 3.15. The highest BCUT2D eigenvalue weighted by Crippen LogP contribution is 2.30. The summed E-state index contributed by atoms with van der Waals surface area (Å²) in [7, 11) is 1.71. The fraction of sp³-hybridized carbons (Fsp3) is 0.619. The lowest BCUT2D eigenvalue weighted by molar-refractivity contribution is -0.128. The van der Waals surface area contributed by atoms with Crippen LogP contribution in [0.3, 0.4) is 0 Å². The van der Waals surface area contributed by atoms with Crippen LogP contribution in [0.2, 0.25) is 0 Å². The number of hydrogen-bond donors (Lipinski definition) is 3. The lowest BCUT2D eigenvalue weighted by Crippen LogP contribution is -2.46. The third-order valence-electron chi connectivity index (χ3n) is 4.88. The first-order valence-electron chi connectivity index (χ1n) is 10.1. The highest BCUT2D eigenvalue weighted by atomic mass is 16.5. The molecular weight excluding hydrogens is 354 g/mol. The van der Waals surface area contributed by atoms with Crippen molar-refractivity contribution in [3.63, 3.8) is 0 Å². The summed E-state index contributed by atoms with van der Waals surface area (Å²) in [6.07, 6.45) is 1.02. The maximum absolute atomic E-state index is 12.2. The fourth-order valence-electron chi connectivity index (χ4n) is 3.25. The minimum Gasteiger partial charge on any atom is -0.495 e. The zero-order chi connectivity index (χ0) is 20.6. The van der Waals surface area contributed by atoms with Crippen LogP contribution in [-0.2, 0) is 4.79 Å². The van der Waals surface area contributed by atoms with Gasteiger partial charge in [0.05, 0.1) is 24.8 Å². The molecule has 0 aliphatic carbocycles. The lowest BCUT2D eigenvalue weighted by atomic mass is 9.92. The summed E-state index contributed by atoms with van der Waals surface area (Å²) in [6.45, 7) is 11.5. The normalized spacial score (nSPS) is 17.4. The molecule has 3 N–H and O–H groups in total. The Labute approximate surface area is 168 Å². The summed E-state index contributed by atoms with van der Waals surface area (Å²) in [5.74, 6) is 1.68. The zero-order valence-corrected chi connectivity index (χ0v) is 17.8. The molecule has 2 rings (SSSR count). The largest absolute Gasteiger partial charge is 0.495 e. The Bertz CT molecular complexity index is 675. The second kappa shape index (κ2) is 10.2. The van der Waals surface area contributed by atoms with E-state index in [0.29, 0.717) is 13.1 Å². The van der Waals surface area contributed by atoms with Gasteiger partial charge in [-0.1, -0.05) is 12.1 Å². The van der Waals surface area contributed by atoms with E-state index >= 15 is 0 Å². The molecule has 0 spiro atoms. The Kier molecular flexibility index (Phi) is 7.96. The number of nitrogens with one attached hydrogen (secondary N) is 3. The van der Waals surface area contributed by atoms with E-state index in [2.05, 4.69) is 31.9 Å². The highest BCUT2D eigenvalue weighted by molar-refractivity contribution is 5.84. The first-order valence-corrected chi connectivity index (χ1v) is 10.1. The van der Waals surface area contributed by atoms with Crippen molar-refractivity contribution in [1.29, 1.82) is 0 Å². The summed E-state index contributed by atoms with van der Waals surface area (Å²) >= 11 is 0. The molecule has 1 aromatic carbocycles. The third-order valence-corrected chi connectivity index (χ3v) is 4.88. The van der Waals surface area contributed by atoms with Crippen molar-refractivity contribution >= 4 is 17.6 Å². The van der Waals surface area contributed by atoms with E-state index < -0.39 is 5.41 Å². The number of nitrogens with zero attached hydrogens (tertiary/aromatic N) is 2. The molecular formula is C21H35N5O2. The number of hydrogen-bond acceptors (Lipinski definition) is 4. The molecule has 1 atom stereocenters. The van der Waals surface area contributed by atoms with Gasteiger partial charge < -0.3 is 25.6 Å². The molecule has 1 aliphatic rings. The number of para-hydroxylation sites is 2. The molecule has 0 bridgehead atoms.